The van der Waals surface area contributed by atoms with Gasteiger partial charge < -0.3 is 14.8 Å². The van der Waals surface area contributed by atoms with Gasteiger partial charge in [0.05, 0.1) is 17.8 Å². The monoisotopic (exact) mass is 487 g/mol. The molecule has 1 aliphatic heterocycles. The molecule has 0 saturated carbocycles. The maximum absolute atomic E-state index is 13.2. The number of aromatic nitrogens is 2. The number of amides is 3. The molecule has 0 spiro atoms. The summed E-state index contributed by atoms with van der Waals surface area (Å²) in [5.41, 5.74) is -0.302. The molecular weight excluding hydrogens is 467 g/mol. The van der Waals surface area contributed by atoms with Gasteiger partial charge >= 0.3 is 12.2 Å². The average molecular weight is 487 g/mol. The number of urea groups is 1. The van der Waals surface area contributed by atoms with Crippen LogP contribution in [-0.4, -0.2) is 35.1 Å². The van der Waals surface area contributed by atoms with Gasteiger partial charge in [0, 0.05) is 30.9 Å². The van der Waals surface area contributed by atoms with Crippen LogP contribution in [0.5, 0.6) is 17.4 Å². The number of carbonyl (C=O) groups excluding carboxylic acids is 2. The molecular formula is C23H20F3N5O4. The Morgan fingerprint density at radius 2 is 1.91 bits per heavy atom. The first-order chi connectivity index (χ1) is 16.6. The molecule has 2 N–H and O–H groups in total. The number of alkyl halides is 3. The highest BCUT2D eigenvalue weighted by Gasteiger charge is 2.33. The minimum Gasteiger partial charge on any atom is -0.489 e. The Morgan fingerprint density at radius 1 is 1.11 bits per heavy atom. The van der Waals surface area contributed by atoms with E-state index in [0.29, 0.717) is 17.2 Å². The summed E-state index contributed by atoms with van der Waals surface area (Å²) in [6.07, 6.45) is -3.11. The lowest BCUT2D eigenvalue weighted by Crippen LogP contribution is -2.40. The molecule has 0 unspecified atom stereocenters. The number of carbonyl (C=O) groups is 2. The van der Waals surface area contributed by atoms with Gasteiger partial charge in [0.15, 0.2) is 0 Å². The number of nitrogens with one attached hydrogen (secondary N) is 2. The van der Waals surface area contributed by atoms with E-state index in [1.165, 1.54) is 43.1 Å². The Bertz CT molecular complexity index is 1280. The highest BCUT2D eigenvalue weighted by atomic mass is 19.4. The molecule has 0 aliphatic carbocycles. The molecule has 0 atom stereocenters. The Kier molecular flexibility index (Phi) is 6.45. The number of anilines is 3. The normalized spacial score (nSPS) is 12.9. The molecule has 0 saturated heterocycles. The highest BCUT2D eigenvalue weighted by Crippen LogP contribution is 2.37. The first kappa shape index (κ1) is 23.8. The van der Waals surface area contributed by atoms with Crippen LogP contribution < -0.4 is 25.0 Å². The minimum absolute atomic E-state index is 0.0275. The van der Waals surface area contributed by atoms with Crippen LogP contribution in [0.4, 0.5) is 35.3 Å². The lowest BCUT2D eigenvalue weighted by Gasteiger charge is -2.30. The zero-order valence-corrected chi connectivity index (χ0v) is 18.6. The summed E-state index contributed by atoms with van der Waals surface area (Å²) in [6, 6.07) is 9.26. The third-order valence-electron chi connectivity index (χ3n) is 4.97. The summed E-state index contributed by atoms with van der Waals surface area (Å²) in [7, 11) is 0. The number of fused-ring (bicyclic) bond motifs is 1. The maximum Gasteiger partial charge on any atom is 0.416 e. The molecule has 35 heavy (non-hydrogen) atoms. The second-order valence-corrected chi connectivity index (χ2v) is 7.59. The van der Waals surface area contributed by atoms with E-state index in [0.717, 1.165) is 6.07 Å². The van der Waals surface area contributed by atoms with Gasteiger partial charge in [-0.3, -0.25) is 15.0 Å². The molecule has 182 valence electrons. The Morgan fingerprint density at radius 3 is 2.66 bits per heavy atom. The van der Waals surface area contributed by atoms with Gasteiger partial charge in [-0.15, -0.1) is 0 Å². The standard InChI is InChI=1S/C23H20F3N5O4/c1-13-3-4-15(11-17(13)23(24,25)26)29-22(33)31-9-10-34-19-12-16(5-6-18(19)31)35-20-7-8-27-21(30-20)28-14(2)32/h3-8,11-12H,9-10H2,1-2H3,(H,29,33)(H,27,28,30,32). The topological polar surface area (TPSA) is 106 Å². The van der Waals surface area contributed by atoms with E-state index in [4.69, 9.17) is 9.47 Å². The van der Waals surface area contributed by atoms with Crippen molar-refractivity contribution in [2.45, 2.75) is 20.0 Å². The molecule has 0 radical (unpaired) electrons. The van der Waals surface area contributed by atoms with Crippen LogP contribution in [0, 0.1) is 6.92 Å². The molecule has 1 aliphatic rings. The second kappa shape index (κ2) is 9.49. The van der Waals surface area contributed by atoms with Gasteiger partial charge in [-0.05, 0) is 36.8 Å². The molecule has 3 aromatic rings. The van der Waals surface area contributed by atoms with Crippen LogP contribution in [0.2, 0.25) is 0 Å². The van der Waals surface area contributed by atoms with Gasteiger partial charge in [-0.2, -0.15) is 18.2 Å². The largest absolute Gasteiger partial charge is 0.489 e. The summed E-state index contributed by atoms with van der Waals surface area (Å²) < 4.78 is 51.0. The Balaban J connectivity index is 1.51. The fourth-order valence-electron chi connectivity index (χ4n) is 3.41. The van der Waals surface area contributed by atoms with Gasteiger partial charge in [-0.25, -0.2) is 9.78 Å². The van der Waals surface area contributed by atoms with Crippen molar-refractivity contribution in [2.75, 3.05) is 28.7 Å². The van der Waals surface area contributed by atoms with Crippen LogP contribution >= 0.6 is 0 Å². The fourth-order valence-corrected chi connectivity index (χ4v) is 3.41. The first-order valence-corrected chi connectivity index (χ1v) is 10.4. The predicted molar refractivity (Wildman–Crippen MR) is 121 cm³/mol. The second-order valence-electron chi connectivity index (χ2n) is 7.59. The van der Waals surface area contributed by atoms with Crippen LogP contribution in [0.15, 0.2) is 48.7 Å². The van der Waals surface area contributed by atoms with Crippen molar-refractivity contribution in [2.24, 2.45) is 0 Å². The Hall–Kier alpha value is -4.35. The molecule has 4 rings (SSSR count). The SMILES string of the molecule is CC(=O)Nc1nccc(Oc2ccc3c(c2)OCCN3C(=O)Nc2ccc(C)c(C(F)(F)F)c2)n1. The van der Waals surface area contributed by atoms with Crippen molar-refractivity contribution in [1.29, 1.82) is 0 Å². The molecule has 3 amide bonds. The van der Waals surface area contributed by atoms with E-state index < -0.39 is 17.8 Å². The van der Waals surface area contributed by atoms with E-state index in [2.05, 4.69) is 20.6 Å². The number of hydrogen-bond acceptors (Lipinski definition) is 6. The number of nitrogens with zero attached hydrogens (tertiary/aromatic N) is 3. The number of halogens is 3. The number of aryl methyl sites for hydroxylation is 1. The van der Waals surface area contributed by atoms with E-state index in [1.807, 2.05) is 0 Å². The molecule has 12 heteroatoms. The number of benzene rings is 2. The quantitative estimate of drug-likeness (QED) is 0.538. The number of hydrogen-bond donors (Lipinski definition) is 2. The van der Waals surface area contributed by atoms with Crippen molar-refractivity contribution in [1.82, 2.24) is 9.97 Å². The summed E-state index contributed by atoms with van der Waals surface area (Å²) in [5, 5.41) is 4.97. The van der Waals surface area contributed by atoms with E-state index in [9.17, 15) is 22.8 Å². The molecule has 2 aromatic carbocycles. The molecule has 0 fully saturated rings. The van der Waals surface area contributed by atoms with Crippen molar-refractivity contribution in [3.8, 4) is 17.4 Å². The Labute approximate surface area is 197 Å². The smallest absolute Gasteiger partial charge is 0.416 e. The third kappa shape index (κ3) is 5.60. The summed E-state index contributed by atoms with van der Waals surface area (Å²) >= 11 is 0. The van der Waals surface area contributed by atoms with Gasteiger partial charge in [-0.1, -0.05) is 6.07 Å². The van der Waals surface area contributed by atoms with Crippen LogP contribution in [0.1, 0.15) is 18.1 Å². The van der Waals surface area contributed by atoms with Crippen molar-refractivity contribution in [3.63, 3.8) is 0 Å². The predicted octanol–water partition coefficient (Wildman–Crippen LogP) is 4.99. The van der Waals surface area contributed by atoms with Crippen molar-refractivity contribution in [3.05, 3.63) is 59.8 Å². The zero-order valence-electron chi connectivity index (χ0n) is 18.6. The van der Waals surface area contributed by atoms with Crippen molar-refractivity contribution < 1.29 is 32.2 Å². The van der Waals surface area contributed by atoms with Crippen LogP contribution in [0.3, 0.4) is 0 Å². The number of ether oxygens (including phenoxy) is 2. The van der Waals surface area contributed by atoms with E-state index in [1.54, 1.807) is 18.2 Å². The lowest BCUT2D eigenvalue weighted by molar-refractivity contribution is -0.138. The van der Waals surface area contributed by atoms with Crippen molar-refractivity contribution >= 4 is 29.3 Å². The molecule has 0 bridgehead atoms. The third-order valence-corrected chi connectivity index (χ3v) is 4.97. The van der Waals surface area contributed by atoms with Gasteiger partial charge in [0.2, 0.25) is 17.7 Å². The minimum atomic E-state index is -4.53. The molecule has 9 nitrogen and oxygen atoms in total. The van der Waals surface area contributed by atoms with Crippen LogP contribution in [0.25, 0.3) is 0 Å². The summed E-state index contributed by atoms with van der Waals surface area (Å²) in [4.78, 5) is 33.4. The first-order valence-electron chi connectivity index (χ1n) is 10.4. The maximum atomic E-state index is 13.2. The van der Waals surface area contributed by atoms with E-state index in [-0.39, 0.29) is 42.1 Å². The zero-order chi connectivity index (χ0) is 25.2. The summed E-state index contributed by atoms with van der Waals surface area (Å²) in [6.45, 7) is 3.05. The van der Waals surface area contributed by atoms with Gasteiger partial charge in [0.1, 0.15) is 18.1 Å². The highest BCUT2D eigenvalue weighted by molar-refractivity contribution is 6.03. The van der Waals surface area contributed by atoms with Gasteiger partial charge in [0.25, 0.3) is 0 Å². The fraction of sp³-hybridized carbons (Fsp3) is 0.217. The number of rotatable bonds is 4. The average Bonchev–Trinajstić information content (AvgIpc) is 2.79. The molecule has 1 aromatic heterocycles. The lowest BCUT2D eigenvalue weighted by atomic mass is 10.1. The molecule has 2 heterocycles. The summed E-state index contributed by atoms with van der Waals surface area (Å²) in [5.74, 6) is 0.625. The van der Waals surface area contributed by atoms with E-state index >= 15 is 0 Å². The van der Waals surface area contributed by atoms with Crippen LogP contribution in [-0.2, 0) is 11.0 Å².